The van der Waals surface area contributed by atoms with Crippen LogP contribution in [-0.2, 0) is 4.79 Å². The van der Waals surface area contributed by atoms with Gasteiger partial charge in [0.05, 0.1) is 17.9 Å². The number of aliphatic carboxylic acids is 1. The Morgan fingerprint density at radius 2 is 2.12 bits per heavy atom. The molecule has 16 heavy (non-hydrogen) atoms. The maximum atomic E-state index is 11.7. The van der Waals surface area contributed by atoms with Gasteiger partial charge in [0.25, 0.3) is 5.91 Å². The highest BCUT2D eigenvalue weighted by molar-refractivity contribution is 6.99. The first-order chi connectivity index (χ1) is 7.64. The quantitative estimate of drug-likeness (QED) is 0.811. The van der Waals surface area contributed by atoms with Gasteiger partial charge in [-0.1, -0.05) is 12.8 Å². The Hall–Kier alpha value is -1.50. The van der Waals surface area contributed by atoms with Crippen LogP contribution in [0.2, 0.25) is 0 Å². The molecule has 2 rings (SSSR count). The molecule has 6 nitrogen and oxygen atoms in total. The topological polar surface area (TPSA) is 92.2 Å². The van der Waals surface area contributed by atoms with Crippen LogP contribution in [0.5, 0.6) is 0 Å². The standard InChI is InChI=1S/C9H11N3O3S/c13-7(6-5-10-16-12-6)11-9(8(14)15)3-1-2-4-9/h5H,1-4H2,(H,11,13)(H,14,15). The van der Waals surface area contributed by atoms with Crippen LogP contribution < -0.4 is 5.32 Å². The van der Waals surface area contributed by atoms with Crippen LogP contribution in [0.1, 0.15) is 36.2 Å². The van der Waals surface area contributed by atoms with E-state index in [1.807, 2.05) is 0 Å². The molecule has 1 saturated carbocycles. The lowest BCUT2D eigenvalue weighted by molar-refractivity contribution is -0.144. The number of carbonyl (C=O) groups excluding carboxylic acids is 1. The second-order valence-electron chi connectivity index (χ2n) is 3.84. The molecule has 2 N–H and O–H groups in total. The number of nitrogens with one attached hydrogen (secondary N) is 1. The smallest absolute Gasteiger partial charge is 0.329 e. The SMILES string of the molecule is O=C(NC1(C(=O)O)CCCC1)c1cnsn1. The van der Waals surface area contributed by atoms with Crippen LogP contribution in [0.4, 0.5) is 0 Å². The zero-order valence-electron chi connectivity index (χ0n) is 8.47. The molecule has 1 aliphatic carbocycles. The van der Waals surface area contributed by atoms with Gasteiger partial charge >= 0.3 is 5.97 Å². The fourth-order valence-corrected chi connectivity index (χ4v) is 2.33. The molecule has 0 bridgehead atoms. The minimum absolute atomic E-state index is 0.178. The monoisotopic (exact) mass is 241 g/mol. The third-order valence-electron chi connectivity index (χ3n) is 2.81. The van der Waals surface area contributed by atoms with E-state index >= 15 is 0 Å². The van der Waals surface area contributed by atoms with Gasteiger partial charge < -0.3 is 10.4 Å². The van der Waals surface area contributed by atoms with Crippen molar-refractivity contribution in [2.24, 2.45) is 0 Å². The van der Waals surface area contributed by atoms with E-state index in [0.29, 0.717) is 12.8 Å². The Labute approximate surface area is 96.0 Å². The summed E-state index contributed by atoms with van der Waals surface area (Å²) < 4.78 is 7.48. The van der Waals surface area contributed by atoms with Gasteiger partial charge in [-0.3, -0.25) is 4.79 Å². The van der Waals surface area contributed by atoms with E-state index in [1.165, 1.54) is 6.20 Å². The molecule has 0 atom stereocenters. The first-order valence-corrected chi connectivity index (χ1v) is 5.70. The van der Waals surface area contributed by atoms with Crippen LogP contribution in [0.3, 0.4) is 0 Å². The fraction of sp³-hybridized carbons (Fsp3) is 0.556. The van der Waals surface area contributed by atoms with E-state index in [4.69, 9.17) is 5.11 Å². The number of hydrogen-bond acceptors (Lipinski definition) is 5. The zero-order valence-corrected chi connectivity index (χ0v) is 9.29. The van der Waals surface area contributed by atoms with Crippen molar-refractivity contribution in [2.75, 3.05) is 0 Å². The zero-order chi connectivity index (χ0) is 11.6. The molecule has 1 aromatic rings. The molecular formula is C9H11N3O3S. The summed E-state index contributed by atoms with van der Waals surface area (Å²) in [7, 11) is 0. The highest BCUT2D eigenvalue weighted by Crippen LogP contribution is 2.30. The van der Waals surface area contributed by atoms with Gasteiger partial charge in [0.2, 0.25) is 0 Å². The van der Waals surface area contributed by atoms with Crippen molar-refractivity contribution in [3.05, 3.63) is 11.9 Å². The summed E-state index contributed by atoms with van der Waals surface area (Å²) >= 11 is 0.925. The molecule has 1 fully saturated rings. The van der Waals surface area contributed by atoms with E-state index in [-0.39, 0.29) is 5.69 Å². The number of rotatable bonds is 3. The first kappa shape index (κ1) is 11.0. The molecule has 1 aromatic heterocycles. The Morgan fingerprint density at radius 1 is 1.44 bits per heavy atom. The minimum Gasteiger partial charge on any atom is -0.480 e. The molecule has 1 heterocycles. The summed E-state index contributed by atoms with van der Waals surface area (Å²) in [6, 6.07) is 0. The van der Waals surface area contributed by atoms with Gasteiger partial charge in [-0.15, -0.1) is 0 Å². The molecule has 0 saturated heterocycles. The number of aromatic nitrogens is 2. The van der Waals surface area contributed by atoms with E-state index in [1.54, 1.807) is 0 Å². The van der Waals surface area contributed by atoms with Gasteiger partial charge in [0.15, 0.2) is 5.69 Å². The van der Waals surface area contributed by atoms with Crippen molar-refractivity contribution < 1.29 is 14.7 Å². The van der Waals surface area contributed by atoms with E-state index < -0.39 is 17.4 Å². The molecule has 0 aromatic carbocycles. The van der Waals surface area contributed by atoms with Crippen LogP contribution in [0, 0.1) is 0 Å². The van der Waals surface area contributed by atoms with E-state index in [0.717, 1.165) is 24.6 Å². The molecular weight excluding hydrogens is 230 g/mol. The van der Waals surface area contributed by atoms with Crippen molar-refractivity contribution in [3.63, 3.8) is 0 Å². The summed E-state index contributed by atoms with van der Waals surface area (Å²) in [4.78, 5) is 22.9. The second-order valence-corrected chi connectivity index (χ2v) is 4.40. The Balaban J connectivity index is 2.13. The average Bonchev–Trinajstić information content (AvgIpc) is 2.88. The summed E-state index contributed by atoms with van der Waals surface area (Å²) in [5.41, 5.74) is -0.932. The lowest BCUT2D eigenvalue weighted by Crippen LogP contribution is -2.52. The molecule has 0 aliphatic heterocycles. The maximum absolute atomic E-state index is 11.7. The number of hydrogen-bond donors (Lipinski definition) is 2. The number of amides is 1. The Morgan fingerprint density at radius 3 is 2.62 bits per heavy atom. The molecule has 1 aliphatic rings. The molecule has 1 amide bonds. The molecule has 0 spiro atoms. The summed E-state index contributed by atoms with van der Waals surface area (Å²) in [6.07, 6.45) is 3.94. The Bertz CT molecular complexity index is 398. The minimum atomic E-state index is -1.11. The number of carboxylic acid groups (broad SMARTS) is 1. The van der Waals surface area contributed by atoms with Gasteiger partial charge in [-0.2, -0.15) is 8.75 Å². The summed E-state index contributed by atoms with van der Waals surface area (Å²) in [6.45, 7) is 0. The first-order valence-electron chi connectivity index (χ1n) is 4.97. The lowest BCUT2D eigenvalue weighted by Gasteiger charge is -2.24. The number of carbonyl (C=O) groups is 2. The van der Waals surface area contributed by atoms with Crippen molar-refractivity contribution in [2.45, 2.75) is 31.2 Å². The van der Waals surface area contributed by atoms with Gasteiger partial charge in [0.1, 0.15) is 5.54 Å². The summed E-state index contributed by atoms with van der Waals surface area (Å²) in [5, 5.41) is 11.7. The lowest BCUT2D eigenvalue weighted by atomic mass is 9.98. The van der Waals surface area contributed by atoms with Crippen LogP contribution in [0.25, 0.3) is 0 Å². The van der Waals surface area contributed by atoms with Gasteiger partial charge in [0, 0.05) is 0 Å². The summed E-state index contributed by atoms with van der Waals surface area (Å²) in [5.74, 6) is -1.43. The fourth-order valence-electron chi connectivity index (χ4n) is 1.92. The van der Waals surface area contributed by atoms with Gasteiger partial charge in [-0.05, 0) is 12.8 Å². The molecule has 0 radical (unpaired) electrons. The number of nitrogens with zero attached hydrogens (tertiary/aromatic N) is 2. The van der Waals surface area contributed by atoms with E-state index in [9.17, 15) is 9.59 Å². The molecule has 0 unspecified atom stereocenters. The van der Waals surface area contributed by atoms with Crippen molar-refractivity contribution in [1.82, 2.24) is 14.1 Å². The normalized spacial score (nSPS) is 18.2. The molecule has 86 valence electrons. The number of carboxylic acids is 1. The third kappa shape index (κ3) is 1.90. The van der Waals surface area contributed by atoms with Crippen LogP contribution >= 0.6 is 11.7 Å². The average molecular weight is 241 g/mol. The third-order valence-corrected chi connectivity index (χ3v) is 3.29. The second kappa shape index (κ2) is 4.17. The predicted molar refractivity (Wildman–Crippen MR) is 56.2 cm³/mol. The van der Waals surface area contributed by atoms with Gasteiger partial charge in [-0.25, -0.2) is 4.79 Å². The largest absolute Gasteiger partial charge is 0.480 e. The maximum Gasteiger partial charge on any atom is 0.329 e. The van der Waals surface area contributed by atoms with Crippen molar-refractivity contribution >= 4 is 23.6 Å². The highest BCUT2D eigenvalue weighted by Gasteiger charge is 2.42. The highest BCUT2D eigenvalue weighted by atomic mass is 32.1. The predicted octanol–water partition coefficient (Wildman–Crippen LogP) is 0.665. The molecule has 7 heteroatoms. The Kier molecular flexibility index (Phi) is 2.86. The van der Waals surface area contributed by atoms with Crippen LogP contribution in [-0.4, -0.2) is 31.3 Å². The van der Waals surface area contributed by atoms with Crippen LogP contribution in [0.15, 0.2) is 6.20 Å². The van der Waals surface area contributed by atoms with Crippen molar-refractivity contribution in [1.29, 1.82) is 0 Å². The van der Waals surface area contributed by atoms with Crippen molar-refractivity contribution in [3.8, 4) is 0 Å². The van der Waals surface area contributed by atoms with E-state index in [2.05, 4.69) is 14.1 Å².